The molecule has 0 saturated heterocycles. The monoisotopic (exact) mass is 442 g/mol. The van der Waals surface area contributed by atoms with E-state index in [0.717, 1.165) is 12.1 Å². The van der Waals surface area contributed by atoms with Crippen LogP contribution in [0.1, 0.15) is 49.9 Å². The molecule has 9 nitrogen and oxygen atoms in total. The Morgan fingerprint density at radius 2 is 2.16 bits per heavy atom. The number of alkyl carbamates (subject to hydrolysis) is 1. The summed E-state index contributed by atoms with van der Waals surface area (Å²) in [6.07, 6.45) is -3.00. The van der Waals surface area contributed by atoms with Crippen molar-refractivity contribution in [2.24, 2.45) is 7.05 Å². The van der Waals surface area contributed by atoms with Gasteiger partial charge in [0.2, 0.25) is 5.91 Å². The number of hydrogen-bond acceptors (Lipinski definition) is 5. The number of carbonyl (C=O) groups excluding carboxylic acids is 2. The first-order chi connectivity index (χ1) is 14.6. The first kappa shape index (κ1) is 22.6. The van der Waals surface area contributed by atoms with Gasteiger partial charge >= 0.3 is 12.3 Å². The van der Waals surface area contributed by atoms with Gasteiger partial charge in [-0.15, -0.1) is 0 Å². The molecule has 3 atom stereocenters. The molecule has 1 aliphatic carbocycles. The van der Waals surface area contributed by atoms with Gasteiger partial charge in [0.1, 0.15) is 6.10 Å². The first-order valence-corrected chi connectivity index (χ1v) is 9.95. The largest absolute Gasteiger partial charge is 0.446 e. The van der Waals surface area contributed by atoms with E-state index in [0.29, 0.717) is 24.4 Å². The number of ether oxygens (including phenoxy) is 1. The van der Waals surface area contributed by atoms with Crippen molar-refractivity contribution in [1.82, 2.24) is 25.3 Å². The molecule has 0 aliphatic heterocycles. The number of nitrogens with zero attached hydrogens (tertiary/aromatic N) is 3. The second kappa shape index (κ2) is 9.40. The van der Waals surface area contributed by atoms with Crippen molar-refractivity contribution in [1.29, 1.82) is 0 Å². The fraction of sp³-hybridized carbons (Fsp3) is 0.579. The van der Waals surface area contributed by atoms with E-state index in [1.165, 1.54) is 6.92 Å². The Hall–Kier alpha value is -3.05. The Bertz CT molecular complexity index is 910. The molecule has 0 aromatic carbocycles. The zero-order valence-electron chi connectivity index (χ0n) is 17.2. The summed E-state index contributed by atoms with van der Waals surface area (Å²) in [7, 11) is 1.77. The molecule has 3 N–H and O–H groups in total. The summed E-state index contributed by atoms with van der Waals surface area (Å²) in [5.41, 5.74) is 1.44. The van der Waals surface area contributed by atoms with Crippen LogP contribution in [0.3, 0.4) is 0 Å². The number of aromatic amines is 1. The van der Waals surface area contributed by atoms with E-state index in [1.54, 1.807) is 30.1 Å². The molecule has 1 aliphatic rings. The molecule has 2 aromatic rings. The normalized spacial score (nSPS) is 19.8. The minimum absolute atomic E-state index is 0.0411. The molecule has 3 rings (SSSR count). The van der Waals surface area contributed by atoms with Gasteiger partial charge < -0.3 is 15.4 Å². The zero-order valence-corrected chi connectivity index (χ0v) is 17.2. The van der Waals surface area contributed by atoms with E-state index >= 15 is 0 Å². The maximum Gasteiger partial charge on any atom is 0.407 e. The molecule has 1 unspecified atom stereocenters. The van der Waals surface area contributed by atoms with Crippen molar-refractivity contribution in [3.05, 3.63) is 29.7 Å². The summed E-state index contributed by atoms with van der Waals surface area (Å²) in [6.45, 7) is 1.28. The van der Waals surface area contributed by atoms with Crippen molar-refractivity contribution in [3.8, 4) is 0 Å². The maximum absolute atomic E-state index is 12.4. The highest BCUT2D eigenvalue weighted by Crippen LogP contribution is 2.36. The smallest absolute Gasteiger partial charge is 0.407 e. The maximum atomic E-state index is 12.4. The second-order valence-electron chi connectivity index (χ2n) is 7.82. The van der Waals surface area contributed by atoms with Crippen LogP contribution in [0.25, 0.3) is 0 Å². The van der Waals surface area contributed by atoms with E-state index in [9.17, 15) is 22.8 Å². The summed E-state index contributed by atoms with van der Waals surface area (Å²) >= 11 is 0. The van der Waals surface area contributed by atoms with Crippen LogP contribution in [0, 0.1) is 0 Å². The van der Waals surface area contributed by atoms with Crippen LogP contribution in [-0.4, -0.2) is 50.3 Å². The van der Waals surface area contributed by atoms with Crippen molar-refractivity contribution in [3.63, 3.8) is 0 Å². The molecule has 31 heavy (non-hydrogen) atoms. The Morgan fingerprint density at radius 1 is 1.39 bits per heavy atom. The van der Waals surface area contributed by atoms with Crippen LogP contribution >= 0.6 is 0 Å². The SMILES string of the molecule is CC(CC(F)(F)F)NC(=O)O[C@@H]1CC[C@H](c2cc(NC(=O)Cc3ccn(C)n3)n[nH]2)C1. The van der Waals surface area contributed by atoms with Crippen LogP contribution in [0.2, 0.25) is 0 Å². The number of alkyl halides is 3. The minimum atomic E-state index is -4.35. The number of H-pyrrole nitrogens is 1. The van der Waals surface area contributed by atoms with E-state index in [2.05, 4.69) is 25.9 Å². The molecule has 1 fully saturated rings. The van der Waals surface area contributed by atoms with E-state index in [1.807, 2.05) is 0 Å². The van der Waals surface area contributed by atoms with Crippen LogP contribution in [0.4, 0.5) is 23.8 Å². The molecular formula is C19H25F3N6O3. The molecule has 2 aromatic heterocycles. The standard InChI is InChI=1S/C19H25F3N6O3/c1-11(10-19(20,21)22)23-18(30)31-14-4-3-12(7-14)15-9-16(26-25-15)24-17(29)8-13-5-6-28(2)27-13/h5-6,9,11-12,14H,3-4,7-8,10H2,1-2H3,(H,23,30)(H2,24,25,26,29)/t11?,12-,14+/m0/s1. The molecule has 12 heteroatoms. The molecule has 0 bridgehead atoms. The summed E-state index contributed by atoms with van der Waals surface area (Å²) in [5, 5.41) is 16.1. The summed E-state index contributed by atoms with van der Waals surface area (Å²) in [5.74, 6) is 0.187. The lowest BCUT2D eigenvalue weighted by atomic mass is 10.0. The van der Waals surface area contributed by atoms with Crippen LogP contribution in [0.5, 0.6) is 0 Å². The molecular weight excluding hydrogens is 417 g/mol. The van der Waals surface area contributed by atoms with Crippen LogP contribution in [0.15, 0.2) is 18.3 Å². The van der Waals surface area contributed by atoms with Crippen molar-refractivity contribution in [2.75, 3.05) is 5.32 Å². The number of halogens is 3. The highest BCUT2D eigenvalue weighted by molar-refractivity contribution is 5.91. The van der Waals surface area contributed by atoms with Gasteiger partial charge in [-0.1, -0.05) is 0 Å². The van der Waals surface area contributed by atoms with Gasteiger partial charge in [-0.05, 0) is 32.3 Å². The average Bonchev–Trinajstić information content (AvgIpc) is 3.34. The molecule has 0 radical (unpaired) electrons. The zero-order chi connectivity index (χ0) is 22.6. The molecule has 0 spiro atoms. The fourth-order valence-corrected chi connectivity index (χ4v) is 3.63. The molecule has 1 saturated carbocycles. The lowest BCUT2D eigenvalue weighted by Gasteiger charge is -2.18. The number of aromatic nitrogens is 4. The Balaban J connectivity index is 1.44. The lowest BCUT2D eigenvalue weighted by molar-refractivity contribution is -0.138. The van der Waals surface area contributed by atoms with Gasteiger partial charge in [-0.2, -0.15) is 23.4 Å². The summed E-state index contributed by atoms with van der Waals surface area (Å²) in [6, 6.07) is 2.43. The summed E-state index contributed by atoms with van der Waals surface area (Å²) < 4.78 is 44.0. The number of aryl methyl sites for hydroxylation is 1. The first-order valence-electron chi connectivity index (χ1n) is 9.95. The molecule has 2 heterocycles. The Kier molecular flexibility index (Phi) is 6.86. The van der Waals surface area contributed by atoms with E-state index in [-0.39, 0.29) is 18.2 Å². The number of amides is 2. The molecule has 2 amide bonds. The van der Waals surface area contributed by atoms with Gasteiger partial charge in [-0.3, -0.25) is 14.6 Å². The third-order valence-corrected chi connectivity index (χ3v) is 4.98. The van der Waals surface area contributed by atoms with Crippen LogP contribution in [-0.2, 0) is 23.0 Å². The van der Waals surface area contributed by atoms with E-state index < -0.39 is 30.8 Å². The second-order valence-corrected chi connectivity index (χ2v) is 7.82. The predicted octanol–water partition coefficient (Wildman–Crippen LogP) is 3.03. The number of hydrogen-bond donors (Lipinski definition) is 3. The lowest BCUT2D eigenvalue weighted by Crippen LogP contribution is -2.37. The van der Waals surface area contributed by atoms with E-state index in [4.69, 9.17) is 4.74 Å². The summed E-state index contributed by atoms with van der Waals surface area (Å²) in [4.78, 5) is 24.0. The van der Waals surface area contributed by atoms with Gasteiger partial charge in [0.25, 0.3) is 0 Å². The van der Waals surface area contributed by atoms with Gasteiger partial charge in [0.15, 0.2) is 5.82 Å². The van der Waals surface area contributed by atoms with Gasteiger partial charge in [0.05, 0.1) is 18.5 Å². The number of anilines is 1. The third-order valence-electron chi connectivity index (χ3n) is 4.98. The van der Waals surface area contributed by atoms with Crippen LogP contribution < -0.4 is 10.6 Å². The van der Waals surface area contributed by atoms with Crippen molar-refractivity contribution >= 4 is 17.8 Å². The fourth-order valence-electron chi connectivity index (χ4n) is 3.63. The number of nitrogens with one attached hydrogen (secondary N) is 3. The highest BCUT2D eigenvalue weighted by atomic mass is 19.4. The third kappa shape index (κ3) is 7.00. The average molecular weight is 442 g/mol. The number of rotatable bonds is 7. The Morgan fingerprint density at radius 3 is 2.84 bits per heavy atom. The van der Waals surface area contributed by atoms with Gasteiger partial charge in [0, 0.05) is 37.0 Å². The topological polar surface area (TPSA) is 114 Å². The van der Waals surface area contributed by atoms with Crippen molar-refractivity contribution in [2.45, 2.75) is 63.3 Å². The molecule has 170 valence electrons. The predicted molar refractivity (Wildman–Crippen MR) is 104 cm³/mol. The van der Waals surface area contributed by atoms with Crippen molar-refractivity contribution < 1.29 is 27.5 Å². The Labute approximate surface area is 176 Å². The quantitative estimate of drug-likeness (QED) is 0.610. The minimum Gasteiger partial charge on any atom is -0.446 e. The number of carbonyl (C=O) groups is 2. The van der Waals surface area contributed by atoms with Gasteiger partial charge in [-0.25, -0.2) is 4.79 Å². The highest BCUT2D eigenvalue weighted by Gasteiger charge is 2.33.